The number of nitriles is 2. The number of nitrogens with one attached hydrogen (secondary N) is 1. The Labute approximate surface area is 149 Å². The van der Waals surface area contributed by atoms with Crippen molar-refractivity contribution in [2.75, 3.05) is 19.0 Å². The molecule has 130 valence electrons. The number of hydrogen-bond acceptors (Lipinski definition) is 8. The van der Waals surface area contributed by atoms with Crippen molar-refractivity contribution in [3.8, 4) is 12.1 Å². The zero-order chi connectivity index (χ0) is 19.1. The summed E-state index contributed by atoms with van der Waals surface area (Å²) in [7, 11) is 1.70. The predicted octanol–water partition coefficient (Wildman–Crippen LogP) is 3.33. The first-order valence-electron chi connectivity index (χ1n) is 7.50. The Morgan fingerprint density at radius 3 is 2.35 bits per heavy atom. The summed E-state index contributed by atoms with van der Waals surface area (Å²) < 4.78 is 0. The third-order valence-corrected chi connectivity index (χ3v) is 3.53. The molecule has 2 aromatic carbocycles. The molecule has 0 aliphatic heterocycles. The summed E-state index contributed by atoms with van der Waals surface area (Å²) >= 11 is 0. The van der Waals surface area contributed by atoms with Gasteiger partial charge < -0.3 is 10.4 Å². The second-order valence-electron chi connectivity index (χ2n) is 5.15. The number of hydrogen-bond donors (Lipinski definition) is 2. The summed E-state index contributed by atoms with van der Waals surface area (Å²) in [5.41, 5.74) is 1.41. The Bertz CT molecular complexity index is 921. The number of aliphatic hydroxyl groups excluding tert-OH is 1. The van der Waals surface area contributed by atoms with Gasteiger partial charge in [-0.1, -0.05) is 6.07 Å². The zero-order valence-electron chi connectivity index (χ0n) is 13.8. The van der Waals surface area contributed by atoms with E-state index in [1.54, 1.807) is 37.4 Å². The molecule has 0 aliphatic carbocycles. The van der Waals surface area contributed by atoms with Crippen LogP contribution in [-0.2, 0) is 6.42 Å². The lowest BCUT2D eigenvalue weighted by Gasteiger charge is -2.07. The lowest BCUT2D eigenvalue weighted by molar-refractivity contribution is -0.384. The van der Waals surface area contributed by atoms with Gasteiger partial charge in [0.2, 0.25) is 0 Å². The molecule has 0 aromatic heterocycles. The van der Waals surface area contributed by atoms with Gasteiger partial charge in [0.05, 0.1) is 21.7 Å². The van der Waals surface area contributed by atoms with Crippen LogP contribution in [0.4, 0.5) is 22.7 Å². The molecule has 0 amide bonds. The summed E-state index contributed by atoms with van der Waals surface area (Å²) in [5.74, 6) is 0. The third kappa shape index (κ3) is 3.98. The van der Waals surface area contributed by atoms with Crippen molar-refractivity contribution in [3.05, 3.63) is 57.1 Å². The van der Waals surface area contributed by atoms with E-state index in [1.165, 1.54) is 0 Å². The van der Waals surface area contributed by atoms with Crippen LogP contribution in [0.3, 0.4) is 0 Å². The minimum absolute atomic E-state index is 0.0177. The van der Waals surface area contributed by atoms with Gasteiger partial charge in [-0.3, -0.25) is 10.1 Å². The van der Waals surface area contributed by atoms with Gasteiger partial charge in [-0.05, 0) is 24.1 Å². The molecule has 0 bridgehead atoms. The van der Waals surface area contributed by atoms with Gasteiger partial charge >= 0.3 is 0 Å². The quantitative estimate of drug-likeness (QED) is 0.464. The number of nitro benzene ring substituents is 1. The largest absolute Gasteiger partial charge is 0.396 e. The number of aliphatic hydroxyl groups is 1. The fourth-order valence-corrected chi connectivity index (χ4v) is 2.26. The van der Waals surface area contributed by atoms with Crippen LogP contribution in [0, 0.1) is 32.8 Å². The molecule has 0 heterocycles. The summed E-state index contributed by atoms with van der Waals surface area (Å²) in [5, 5.41) is 49.3. The zero-order valence-corrected chi connectivity index (χ0v) is 13.8. The molecule has 0 radical (unpaired) electrons. The molecule has 2 rings (SSSR count). The summed E-state index contributed by atoms with van der Waals surface area (Å²) in [6.45, 7) is 0.0177. The van der Waals surface area contributed by atoms with Crippen molar-refractivity contribution in [1.29, 1.82) is 10.5 Å². The predicted molar refractivity (Wildman–Crippen MR) is 93.5 cm³/mol. The van der Waals surface area contributed by atoms with Crippen molar-refractivity contribution in [1.82, 2.24) is 0 Å². The maximum Gasteiger partial charge on any atom is 0.272 e. The normalized spacial score (nSPS) is 10.3. The maximum absolute atomic E-state index is 10.9. The van der Waals surface area contributed by atoms with E-state index in [4.69, 9.17) is 5.11 Å². The highest BCUT2D eigenvalue weighted by Crippen LogP contribution is 2.32. The number of rotatable bonds is 6. The molecular weight excluding hydrogens is 336 g/mol. The summed E-state index contributed by atoms with van der Waals surface area (Å²) in [4.78, 5) is 10.2. The summed E-state index contributed by atoms with van der Waals surface area (Å²) in [6, 6.07) is 11.0. The molecule has 9 heteroatoms. The lowest BCUT2D eigenvalue weighted by atomic mass is 10.1. The van der Waals surface area contributed by atoms with Crippen LogP contribution in [0.2, 0.25) is 0 Å². The SMILES string of the molecule is CNc1cc(CCO)ccc1N=Nc1c(C#N)cc([N+](=O)[O-])cc1C#N. The molecule has 0 atom stereocenters. The second-order valence-corrected chi connectivity index (χ2v) is 5.15. The fourth-order valence-electron chi connectivity index (χ4n) is 2.26. The minimum Gasteiger partial charge on any atom is -0.396 e. The van der Waals surface area contributed by atoms with Gasteiger partial charge in [0.25, 0.3) is 5.69 Å². The third-order valence-electron chi connectivity index (χ3n) is 3.53. The van der Waals surface area contributed by atoms with E-state index in [0.29, 0.717) is 17.8 Å². The molecular formula is C17H14N6O3. The Morgan fingerprint density at radius 1 is 1.19 bits per heavy atom. The first-order chi connectivity index (χ1) is 12.5. The monoisotopic (exact) mass is 350 g/mol. The van der Waals surface area contributed by atoms with E-state index in [9.17, 15) is 20.6 Å². The molecule has 9 nitrogen and oxygen atoms in total. The van der Waals surface area contributed by atoms with Crippen LogP contribution in [-0.4, -0.2) is 23.7 Å². The number of non-ortho nitro benzene ring substituents is 1. The van der Waals surface area contributed by atoms with Crippen molar-refractivity contribution < 1.29 is 10.0 Å². The fraction of sp³-hybridized carbons (Fsp3) is 0.176. The highest BCUT2D eigenvalue weighted by atomic mass is 16.6. The Morgan fingerprint density at radius 2 is 1.85 bits per heavy atom. The molecule has 0 spiro atoms. The van der Waals surface area contributed by atoms with E-state index in [1.807, 2.05) is 0 Å². The highest BCUT2D eigenvalue weighted by Gasteiger charge is 2.17. The maximum atomic E-state index is 10.9. The Hall–Kier alpha value is -3.82. The van der Waals surface area contributed by atoms with Crippen LogP contribution < -0.4 is 5.32 Å². The molecule has 0 saturated heterocycles. The summed E-state index contributed by atoms with van der Waals surface area (Å²) in [6.07, 6.45) is 0.492. The topological polar surface area (TPSA) is 148 Å². The second kappa shape index (κ2) is 8.33. The van der Waals surface area contributed by atoms with E-state index >= 15 is 0 Å². The number of benzene rings is 2. The lowest BCUT2D eigenvalue weighted by Crippen LogP contribution is -1.94. The highest BCUT2D eigenvalue weighted by molar-refractivity contribution is 5.69. The molecule has 0 fully saturated rings. The number of nitrogens with zero attached hydrogens (tertiary/aromatic N) is 5. The molecule has 26 heavy (non-hydrogen) atoms. The first-order valence-corrected chi connectivity index (χ1v) is 7.50. The smallest absolute Gasteiger partial charge is 0.272 e. The van der Waals surface area contributed by atoms with Gasteiger partial charge in [0, 0.05) is 25.8 Å². The number of anilines is 1. The van der Waals surface area contributed by atoms with Crippen LogP contribution in [0.1, 0.15) is 16.7 Å². The Kier molecular flexibility index (Phi) is 5.93. The van der Waals surface area contributed by atoms with Crippen molar-refractivity contribution in [3.63, 3.8) is 0 Å². The van der Waals surface area contributed by atoms with Gasteiger partial charge in [0.1, 0.15) is 23.5 Å². The number of nitro groups is 1. The van der Waals surface area contributed by atoms with Crippen molar-refractivity contribution in [2.24, 2.45) is 10.2 Å². The van der Waals surface area contributed by atoms with Crippen LogP contribution in [0.25, 0.3) is 0 Å². The standard InChI is InChI=1S/C17H14N6O3/c1-20-16-6-11(4-5-24)2-3-15(16)21-22-17-12(9-18)7-14(23(25)26)8-13(17)10-19/h2-3,6-8,20,24H,4-5H2,1H3. The van der Waals surface area contributed by atoms with Gasteiger partial charge in [-0.25, -0.2) is 0 Å². The van der Waals surface area contributed by atoms with E-state index in [2.05, 4.69) is 15.5 Å². The molecule has 0 saturated carbocycles. The molecule has 0 aliphatic rings. The molecule has 0 unspecified atom stereocenters. The average Bonchev–Trinajstić information content (AvgIpc) is 2.66. The van der Waals surface area contributed by atoms with Crippen LogP contribution in [0.5, 0.6) is 0 Å². The van der Waals surface area contributed by atoms with Crippen LogP contribution >= 0.6 is 0 Å². The molecule has 2 N–H and O–H groups in total. The van der Waals surface area contributed by atoms with Crippen molar-refractivity contribution in [2.45, 2.75) is 6.42 Å². The van der Waals surface area contributed by atoms with E-state index < -0.39 is 4.92 Å². The van der Waals surface area contributed by atoms with Crippen LogP contribution in [0.15, 0.2) is 40.6 Å². The first kappa shape index (κ1) is 18.5. The minimum atomic E-state index is -0.679. The van der Waals surface area contributed by atoms with Gasteiger partial charge in [-0.15, -0.1) is 10.2 Å². The molecule has 2 aromatic rings. The van der Waals surface area contributed by atoms with Gasteiger partial charge in [0.15, 0.2) is 0 Å². The van der Waals surface area contributed by atoms with E-state index in [0.717, 1.165) is 17.7 Å². The number of azo groups is 1. The van der Waals surface area contributed by atoms with E-state index in [-0.39, 0.29) is 29.1 Å². The van der Waals surface area contributed by atoms with Crippen molar-refractivity contribution >= 4 is 22.7 Å². The average molecular weight is 350 g/mol. The van der Waals surface area contributed by atoms with Gasteiger partial charge in [-0.2, -0.15) is 10.5 Å². The Balaban J connectivity index is 2.50.